The summed E-state index contributed by atoms with van der Waals surface area (Å²) in [5, 5.41) is 15.2. The lowest BCUT2D eigenvalue weighted by molar-refractivity contribution is -0.384. The van der Waals surface area contributed by atoms with Gasteiger partial charge in [-0.1, -0.05) is 42.5 Å². The van der Waals surface area contributed by atoms with Crippen LogP contribution in [-0.4, -0.2) is 20.4 Å². The molecule has 1 amide bonds. The van der Waals surface area contributed by atoms with E-state index in [0.717, 1.165) is 22.2 Å². The van der Waals surface area contributed by atoms with Gasteiger partial charge in [-0.2, -0.15) is 0 Å². The zero-order chi connectivity index (χ0) is 26.5. The van der Waals surface area contributed by atoms with Crippen molar-refractivity contribution in [2.24, 2.45) is 0 Å². The molecule has 0 fully saturated rings. The number of halogens is 1. The van der Waals surface area contributed by atoms with Crippen LogP contribution in [0.3, 0.4) is 0 Å². The highest BCUT2D eigenvalue weighted by molar-refractivity contribution is 5.88. The Hall–Kier alpha value is -4.85. The Balaban J connectivity index is 1.57. The van der Waals surface area contributed by atoms with Gasteiger partial charge in [0.15, 0.2) is 0 Å². The minimum Gasteiger partial charge on any atom is -0.352 e. The third-order valence-electron chi connectivity index (χ3n) is 6.56. The van der Waals surface area contributed by atoms with Crippen LogP contribution in [0.25, 0.3) is 10.9 Å². The van der Waals surface area contributed by atoms with Crippen LogP contribution >= 0.6 is 0 Å². The first-order chi connectivity index (χ1) is 18.5. The van der Waals surface area contributed by atoms with Gasteiger partial charge in [0.1, 0.15) is 5.82 Å². The topological polar surface area (TPSA) is 90.1 Å². The average molecular weight is 509 g/mol. The lowest BCUT2D eigenvalue weighted by Crippen LogP contribution is -2.25. The number of rotatable bonds is 9. The van der Waals surface area contributed by atoms with Crippen molar-refractivity contribution in [2.75, 3.05) is 0 Å². The molecule has 1 atom stereocenters. The minimum absolute atomic E-state index is 0.0433. The van der Waals surface area contributed by atoms with E-state index in [9.17, 15) is 19.3 Å². The van der Waals surface area contributed by atoms with Gasteiger partial charge in [-0.25, -0.2) is 4.39 Å². The zero-order valence-corrected chi connectivity index (χ0v) is 20.5. The summed E-state index contributed by atoms with van der Waals surface area (Å²) in [6.07, 6.45) is 5.28. The summed E-state index contributed by atoms with van der Waals surface area (Å²) < 4.78 is 16.3. The summed E-state index contributed by atoms with van der Waals surface area (Å²) in [6.45, 7) is 0.873. The Morgan fingerprint density at radius 3 is 2.50 bits per heavy atom. The monoisotopic (exact) mass is 508 g/mol. The van der Waals surface area contributed by atoms with E-state index in [-0.39, 0.29) is 18.0 Å². The molecule has 0 bridgehead atoms. The van der Waals surface area contributed by atoms with Crippen LogP contribution in [0.1, 0.15) is 34.6 Å². The number of nitro groups is 1. The Morgan fingerprint density at radius 2 is 1.76 bits per heavy atom. The van der Waals surface area contributed by atoms with Gasteiger partial charge < -0.3 is 9.88 Å². The molecule has 7 nitrogen and oxygen atoms in total. The smallest absolute Gasteiger partial charge is 0.270 e. The van der Waals surface area contributed by atoms with Gasteiger partial charge in [0.25, 0.3) is 5.69 Å². The van der Waals surface area contributed by atoms with Crippen molar-refractivity contribution in [3.8, 4) is 0 Å². The molecule has 0 saturated heterocycles. The van der Waals surface area contributed by atoms with Crippen molar-refractivity contribution in [2.45, 2.75) is 25.4 Å². The first-order valence-corrected chi connectivity index (χ1v) is 12.2. The SMILES string of the molecule is O=C(C[C@H](c1cccc(F)c1)c1cn(Cc2ccccc2)c2ccc([N+](=O)[O-])cc12)NCc1ccncc1. The molecule has 0 spiro atoms. The number of carbonyl (C=O) groups is 1. The zero-order valence-electron chi connectivity index (χ0n) is 20.5. The van der Waals surface area contributed by atoms with Crippen LogP contribution in [0.15, 0.2) is 104 Å². The van der Waals surface area contributed by atoms with Crippen molar-refractivity contribution in [3.63, 3.8) is 0 Å². The Kier molecular flexibility index (Phi) is 7.21. The van der Waals surface area contributed by atoms with Crippen LogP contribution in [-0.2, 0) is 17.9 Å². The number of pyridine rings is 1. The number of hydrogen-bond acceptors (Lipinski definition) is 4. The fourth-order valence-corrected chi connectivity index (χ4v) is 4.70. The summed E-state index contributed by atoms with van der Waals surface area (Å²) >= 11 is 0. The molecular weight excluding hydrogens is 483 g/mol. The van der Waals surface area contributed by atoms with E-state index in [0.29, 0.717) is 24.0 Å². The van der Waals surface area contributed by atoms with Crippen molar-refractivity contribution < 1.29 is 14.1 Å². The first-order valence-electron chi connectivity index (χ1n) is 12.2. The number of amides is 1. The lowest BCUT2D eigenvalue weighted by atomic mass is 9.88. The Bertz CT molecular complexity index is 1590. The van der Waals surface area contributed by atoms with Crippen molar-refractivity contribution in [1.82, 2.24) is 14.9 Å². The predicted molar refractivity (Wildman–Crippen MR) is 143 cm³/mol. The van der Waals surface area contributed by atoms with E-state index in [4.69, 9.17) is 0 Å². The molecule has 8 heteroatoms. The van der Waals surface area contributed by atoms with Gasteiger partial charge in [-0.15, -0.1) is 0 Å². The molecule has 2 aromatic heterocycles. The van der Waals surface area contributed by atoms with E-state index in [1.807, 2.05) is 53.2 Å². The lowest BCUT2D eigenvalue weighted by Gasteiger charge is -2.17. The molecule has 0 aliphatic rings. The summed E-state index contributed by atoms with van der Waals surface area (Å²) in [6, 6.07) is 24.4. The second-order valence-corrected chi connectivity index (χ2v) is 9.10. The fraction of sp³-hybridized carbons (Fsp3) is 0.133. The molecule has 190 valence electrons. The minimum atomic E-state index is -0.523. The maximum absolute atomic E-state index is 14.3. The van der Waals surface area contributed by atoms with Gasteiger partial charge in [-0.3, -0.25) is 19.9 Å². The predicted octanol–water partition coefficient (Wildman–Crippen LogP) is 5.97. The molecule has 5 aromatic rings. The van der Waals surface area contributed by atoms with Gasteiger partial charge in [0.05, 0.1) is 4.92 Å². The summed E-state index contributed by atoms with van der Waals surface area (Å²) in [5.74, 6) is -1.15. The quantitative estimate of drug-likeness (QED) is 0.196. The number of nitrogens with one attached hydrogen (secondary N) is 1. The van der Waals surface area contributed by atoms with E-state index in [1.54, 1.807) is 30.6 Å². The second kappa shape index (κ2) is 11.0. The van der Waals surface area contributed by atoms with Gasteiger partial charge in [0.2, 0.25) is 5.91 Å². The number of fused-ring (bicyclic) bond motifs is 1. The molecule has 1 N–H and O–H groups in total. The number of nitrogens with zero attached hydrogens (tertiary/aromatic N) is 3. The maximum Gasteiger partial charge on any atom is 0.270 e. The Morgan fingerprint density at radius 1 is 0.974 bits per heavy atom. The molecular formula is C30H25FN4O3. The number of non-ortho nitro benzene ring substituents is 1. The van der Waals surface area contributed by atoms with Crippen LogP contribution in [0.5, 0.6) is 0 Å². The third-order valence-corrected chi connectivity index (χ3v) is 6.56. The Labute approximate surface area is 218 Å². The molecule has 0 unspecified atom stereocenters. The van der Waals surface area contributed by atoms with E-state index < -0.39 is 16.7 Å². The third kappa shape index (κ3) is 5.59. The summed E-state index contributed by atoms with van der Waals surface area (Å²) in [4.78, 5) is 28.3. The molecule has 0 aliphatic carbocycles. The highest BCUT2D eigenvalue weighted by atomic mass is 19.1. The largest absolute Gasteiger partial charge is 0.352 e. The number of aromatic nitrogens is 2. The maximum atomic E-state index is 14.3. The number of carbonyl (C=O) groups excluding carboxylic acids is 1. The van der Waals surface area contributed by atoms with Gasteiger partial charge in [-0.05, 0) is 52.6 Å². The number of nitro benzene ring substituents is 1. The van der Waals surface area contributed by atoms with E-state index in [2.05, 4.69) is 10.3 Å². The highest BCUT2D eigenvalue weighted by Gasteiger charge is 2.25. The van der Waals surface area contributed by atoms with Crippen LogP contribution in [0, 0.1) is 15.9 Å². The number of hydrogen-bond donors (Lipinski definition) is 1. The molecule has 0 saturated carbocycles. The van der Waals surface area contributed by atoms with Crippen molar-refractivity contribution >= 4 is 22.5 Å². The van der Waals surface area contributed by atoms with Crippen molar-refractivity contribution in [3.05, 3.63) is 142 Å². The molecule has 2 heterocycles. The van der Waals surface area contributed by atoms with Crippen LogP contribution in [0.2, 0.25) is 0 Å². The first kappa shape index (κ1) is 24.8. The van der Waals surface area contributed by atoms with Crippen LogP contribution < -0.4 is 5.32 Å². The highest BCUT2D eigenvalue weighted by Crippen LogP contribution is 2.37. The normalized spacial score (nSPS) is 11.8. The molecule has 0 aliphatic heterocycles. The van der Waals surface area contributed by atoms with Crippen molar-refractivity contribution in [1.29, 1.82) is 0 Å². The molecule has 0 radical (unpaired) electrons. The number of benzene rings is 3. The van der Waals surface area contributed by atoms with Gasteiger partial charge >= 0.3 is 0 Å². The van der Waals surface area contributed by atoms with E-state index >= 15 is 0 Å². The van der Waals surface area contributed by atoms with Crippen LogP contribution in [0.4, 0.5) is 10.1 Å². The average Bonchev–Trinajstić information content (AvgIpc) is 3.28. The van der Waals surface area contributed by atoms with Gasteiger partial charge in [0, 0.05) is 67.1 Å². The summed E-state index contributed by atoms with van der Waals surface area (Å²) in [7, 11) is 0. The molecule has 38 heavy (non-hydrogen) atoms. The summed E-state index contributed by atoms with van der Waals surface area (Å²) in [5.41, 5.74) is 4.07. The standard InChI is InChI=1S/C30H25FN4O3/c31-24-8-4-7-23(15-24)26(17-30(36)33-18-21-11-13-32-14-12-21)28-20-34(19-22-5-2-1-3-6-22)29-10-9-25(35(37)38)16-27(28)29/h1-16,20,26H,17-19H2,(H,33,36)/t26-/m1/s1. The second-order valence-electron chi connectivity index (χ2n) is 9.10. The molecule has 3 aromatic carbocycles. The fourth-order valence-electron chi connectivity index (χ4n) is 4.70. The molecule has 5 rings (SSSR count). The van der Waals surface area contributed by atoms with E-state index in [1.165, 1.54) is 24.3 Å².